The molecule has 3 rings (SSSR count). The van der Waals surface area contributed by atoms with Crippen LogP contribution < -0.4 is 5.32 Å². The van der Waals surface area contributed by atoms with Gasteiger partial charge in [0, 0.05) is 22.9 Å². The number of hydrogen-bond donors (Lipinski definition) is 1. The summed E-state index contributed by atoms with van der Waals surface area (Å²) >= 11 is 7.92. The van der Waals surface area contributed by atoms with E-state index in [0.29, 0.717) is 0 Å². The molecule has 22 heavy (non-hydrogen) atoms. The number of halogens is 1. The molecule has 0 saturated heterocycles. The lowest BCUT2D eigenvalue weighted by Gasteiger charge is -2.09. The molecule has 5 heteroatoms. The zero-order valence-electron chi connectivity index (χ0n) is 12.7. The van der Waals surface area contributed by atoms with Crippen LogP contribution in [0.25, 0.3) is 10.2 Å². The number of fused-ring (bicyclic) bond motifs is 1. The van der Waals surface area contributed by atoms with Crippen molar-refractivity contribution in [1.29, 1.82) is 0 Å². The van der Waals surface area contributed by atoms with E-state index in [2.05, 4.69) is 41.3 Å². The highest BCUT2D eigenvalue weighted by atomic mass is 35.5. The lowest BCUT2D eigenvalue weighted by Crippen LogP contribution is -2.08. The average molecular weight is 332 g/mol. The molecule has 0 atom stereocenters. The Morgan fingerprint density at radius 3 is 2.82 bits per heavy atom. The van der Waals surface area contributed by atoms with E-state index >= 15 is 0 Å². The van der Waals surface area contributed by atoms with E-state index in [4.69, 9.17) is 11.6 Å². The van der Waals surface area contributed by atoms with Crippen LogP contribution in [-0.2, 0) is 12.8 Å². The number of rotatable bonds is 5. The van der Waals surface area contributed by atoms with Crippen molar-refractivity contribution >= 4 is 39.0 Å². The van der Waals surface area contributed by atoms with Gasteiger partial charge >= 0.3 is 0 Å². The summed E-state index contributed by atoms with van der Waals surface area (Å²) < 4.78 is 0. The number of benzene rings is 1. The van der Waals surface area contributed by atoms with Crippen molar-refractivity contribution in [3.8, 4) is 0 Å². The van der Waals surface area contributed by atoms with Crippen molar-refractivity contribution in [1.82, 2.24) is 9.97 Å². The summed E-state index contributed by atoms with van der Waals surface area (Å²) in [7, 11) is 0. The lowest BCUT2D eigenvalue weighted by molar-refractivity contribution is 0.947. The summed E-state index contributed by atoms with van der Waals surface area (Å²) in [6.45, 7) is 4.98. The number of nitrogens with one attached hydrogen (secondary N) is 1. The van der Waals surface area contributed by atoms with Crippen LogP contribution in [0.3, 0.4) is 0 Å². The average Bonchev–Trinajstić information content (AvgIpc) is 2.89. The number of hydrogen-bond acceptors (Lipinski definition) is 4. The van der Waals surface area contributed by atoms with Gasteiger partial charge in [0.15, 0.2) is 0 Å². The third-order valence-electron chi connectivity index (χ3n) is 3.52. The number of anilines is 1. The van der Waals surface area contributed by atoms with Crippen LogP contribution in [0.2, 0.25) is 5.02 Å². The molecule has 0 unspecified atom stereocenters. The number of aryl methyl sites for hydroxylation is 2. The highest BCUT2D eigenvalue weighted by Gasteiger charge is 2.09. The molecular weight excluding hydrogens is 314 g/mol. The monoisotopic (exact) mass is 331 g/mol. The molecule has 2 aromatic heterocycles. The molecule has 3 aromatic rings. The minimum absolute atomic E-state index is 0.799. The molecule has 0 radical (unpaired) electrons. The molecule has 2 heterocycles. The van der Waals surface area contributed by atoms with Crippen molar-refractivity contribution in [2.24, 2.45) is 0 Å². The first-order valence-electron chi connectivity index (χ1n) is 7.41. The van der Waals surface area contributed by atoms with Crippen molar-refractivity contribution in [3.05, 3.63) is 51.6 Å². The Morgan fingerprint density at radius 2 is 2.05 bits per heavy atom. The maximum absolute atomic E-state index is 6.20. The van der Waals surface area contributed by atoms with Gasteiger partial charge in [0.25, 0.3) is 0 Å². The van der Waals surface area contributed by atoms with E-state index in [1.807, 2.05) is 18.2 Å². The molecule has 0 saturated carbocycles. The van der Waals surface area contributed by atoms with Gasteiger partial charge < -0.3 is 5.32 Å². The molecule has 0 amide bonds. The van der Waals surface area contributed by atoms with Crippen molar-refractivity contribution in [2.75, 3.05) is 11.9 Å². The maximum Gasteiger partial charge on any atom is 0.138 e. The Hall–Kier alpha value is -1.65. The van der Waals surface area contributed by atoms with E-state index < -0.39 is 0 Å². The number of nitrogens with zero attached hydrogens (tertiary/aromatic N) is 2. The van der Waals surface area contributed by atoms with Gasteiger partial charge in [-0.2, -0.15) is 0 Å². The third kappa shape index (κ3) is 3.23. The summed E-state index contributed by atoms with van der Waals surface area (Å²) in [4.78, 5) is 11.6. The molecule has 0 bridgehead atoms. The van der Waals surface area contributed by atoms with Crippen molar-refractivity contribution in [3.63, 3.8) is 0 Å². The number of thiophene rings is 1. The normalized spacial score (nSPS) is 11.0. The third-order valence-corrected chi connectivity index (χ3v) is 4.84. The van der Waals surface area contributed by atoms with Gasteiger partial charge in [-0.25, -0.2) is 9.97 Å². The van der Waals surface area contributed by atoms with Crippen LogP contribution in [0.5, 0.6) is 0 Å². The largest absolute Gasteiger partial charge is 0.369 e. The SMILES string of the molecule is CCc1nc(NCCc2ccccc2Cl)c2cc(C)sc2n1. The Balaban J connectivity index is 1.80. The molecule has 0 fully saturated rings. The smallest absolute Gasteiger partial charge is 0.138 e. The summed E-state index contributed by atoms with van der Waals surface area (Å²) in [6.07, 6.45) is 1.71. The molecule has 3 nitrogen and oxygen atoms in total. The molecule has 0 spiro atoms. The Bertz CT molecular complexity index is 798. The van der Waals surface area contributed by atoms with Gasteiger partial charge in [-0.3, -0.25) is 0 Å². The van der Waals surface area contributed by atoms with Crippen LogP contribution in [0.15, 0.2) is 30.3 Å². The van der Waals surface area contributed by atoms with Gasteiger partial charge in [-0.1, -0.05) is 36.7 Å². The van der Waals surface area contributed by atoms with E-state index in [0.717, 1.165) is 51.8 Å². The fourth-order valence-corrected chi connectivity index (χ4v) is 3.52. The molecule has 0 aliphatic heterocycles. The van der Waals surface area contributed by atoms with Crippen molar-refractivity contribution in [2.45, 2.75) is 26.7 Å². The zero-order valence-corrected chi connectivity index (χ0v) is 14.3. The first-order valence-corrected chi connectivity index (χ1v) is 8.61. The minimum Gasteiger partial charge on any atom is -0.369 e. The van der Waals surface area contributed by atoms with Crippen LogP contribution in [0.4, 0.5) is 5.82 Å². The van der Waals surface area contributed by atoms with Crippen LogP contribution in [0.1, 0.15) is 23.2 Å². The second kappa shape index (κ2) is 6.63. The molecule has 0 aliphatic rings. The summed E-state index contributed by atoms with van der Waals surface area (Å²) in [5.74, 6) is 1.81. The van der Waals surface area contributed by atoms with E-state index in [-0.39, 0.29) is 0 Å². The highest BCUT2D eigenvalue weighted by molar-refractivity contribution is 7.18. The molecule has 114 valence electrons. The summed E-state index contributed by atoms with van der Waals surface area (Å²) in [6, 6.07) is 10.1. The van der Waals surface area contributed by atoms with Crippen molar-refractivity contribution < 1.29 is 0 Å². The predicted molar refractivity (Wildman–Crippen MR) is 95.2 cm³/mol. The van der Waals surface area contributed by atoms with E-state index in [9.17, 15) is 0 Å². The first kappa shape index (κ1) is 15.3. The van der Waals surface area contributed by atoms with Crippen LogP contribution in [-0.4, -0.2) is 16.5 Å². The lowest BCUT2D eigenvalue weighted by atomic mass is 10.1. The van der Waals surface area contributed by atoms with E-state index in [1.54, 1.807) is 11.3 Å². The Kier molecular flexibility index (Phi) is 4.60. The van der Waals surface area contributed by atoms with Gasteiger partial charge in [-0.05, 0) is 31.0 Å². The second-order valence-corrected chi connectivity index (χ2v) is 6.83. The zero-order chi connectivity index (χ0) is 15.5. The van der Waals surface area contributed by atoms with Gasteiger partial charge in [0.1, 0.15) is 16.5 Å². The maximum atomic E-state index is 6.20. The molecule has 1 N–H and O–H groups in total. The molecular formula is C17H18ClN3S. The van der Waals surface area contributed by atoms with Crippen LogP contribution >= 0.6 is 22.9 Å². The second-order valence-electron chi connectivity index (χ2n) is 5.19. The minimum atomic E-state index is 0.799. The number of aromatic nitrogens is 2. The first-order chi connectivity index (χ1) is 10.7. The van der Waals surface area contributed by atoms with Gasteiger partial charge in [0.2, 0.25) is 0 Å². The van der Waals surface area contributed by atoms with Gasteiger partial charge in [-0.15, -0.1) is 11.3 Å². The fourth-order valence-electron chi connectivity index (χ4n) is 2.40. The van der Waals surface area contributed by atoms with Crippen LogP contribution in [0, 0.1) is 6.92 Å². The molecule has 1 aromatic carbocycles. The topological polar surface area (TPSA) is 37.8 Å². The summed E-state index contributed by atoms with van der Waals surface area (Å²) in [5.41, 5.74) is 1.15. The highest BCUT2D eigenvalue weighted by Crippen LogP contribution is 2.28. The Morgan fingerprint density at radius 1 is 1.23 bits per heavy atom. The fraction of sp³-hybridized carbons (Fsp3) is 0.294. The Labute approximate surface area is 139 Å². The standard InChI is InChI=1S/C17H18ClN3S/c1-3-15-20-16(13-10-11(2)22-17(13)21-15)19-9-8-12-6-4-5-7-14(12)18/h4-7,10H,3,8-9H2,1-2H3,(H,19,20,21). The quantitative estimate of drug-likeness (QED) is 0.724. The predicted octanol–water partition coefficient (Wildman–Crippen LogP) is 4.87. The van der Waals surface area contributed by atoms with Gasteiger partial charge in [0.05, 0.1) is 5.39 Å². The van der Waals surface area contributed by atoms with E-state index in [1.165, 1.54) is 4.88 Å². The molecule has 0 aliphatic carbocycles. The summed E-state index contributed by atoms with van der Waals surface area (Å²) in [5, 5.41) is 5.38.